The van der Waals surface area contributed by atoms with Gasteiger partial charge >= 0.3 is 6.09 Å². The van der Waals surface area contributed by atoms with Crippen LogP contribution < -0.4 is 10.1 Å². The Morgan fingerprint density at radius 2 is 1.91 bits per heavy atom. The quantitative estimate of drug-likeness (QED) is 0.353. The third-order valence-corrected chi connectivity index (χ3v) is 8.28. The molecule has 1 aliphatic rings. The fourth-order valence-electron chi connectivity index (χ4n) is 4.98. The van der Waals surface area contributed by atoms with Crippen LogP contribution in [0.2, 0.25) is 0 Å². The summed E-state index contributed by atoms with van der Waals surface area (Å²) >= 11 is 0. The van der Waals surface area contributed by atoms with Gasteiger partial charge in [-0.1, -0.05) is 18.1 Å². The van der Waals surface area contributed by atoms with E-state index in [0.717, 1.165) is 0 Å². The van der Waals surface area contributed by atoms with Gasteiger partial charge < -0.3 is 14.8 Å². The van der Waals surface area contributed by atoms with Crippen LogP contribution in [-0.4, -0.2) is 79.9 Å². The Morgan fingerprint density at radius 3 is 2.51 bits per heavy atom. The summed E-state index contributed by atoms with van der Waals surface area (Å²) in [4.78, 5) is 29.8. The molecule has 1 aromatic heterocycles. The molecule has 12 heteroatoms. The first kappa shape index (κ1) is 33.7. The number of hydrogen-bond donors (Lipinski definition) is 1. The van der Waals surface area contributed by atoms with E-state index in [2.05, 4.69) is 21.2 Å². The Bertz CT molecular complexity index is 1640. The molecule has 0 bridgehead atoms. The number of terminal acetylenes is 1. The van der Waals surface area contributed by atoms with E-state index in [0.29, 0.717) is 64.9 Å². The van der Waals surface area contributed by atoms with Crippen molar-refractivity contribution < 1.29 is 27.7 Å². The number of carbonyl (C=O) groups excluding carboxylic acids is 2. The van der Waals surface area contributed by atoms with Gasteiger partial charge in [0.05, 0.1) is 15.7 Å². The van der Waals surface area contributed by atoms with Crippen molar-refractivity contribution in [1.82, 2.24) is 19.6 Å². The zero-order valence-electron chi connectivity index (χ0n) is 26.7. The van der Waals surface area contributed by atoms with Gasteiger partial charge in [0.2, 0.25) is 0 Å². The summed E-state index contributed by atoms with van der Waals surface area (Å²) in [6.45, 7) is 10.3. The van der Waals surface area contributed by atoms with Crippen LogP contribution in [0.5, 0.6) is 5.75 Å². The minimum absolute atomic E-state index is 0.305. The number of carbonyl (C=O) groups is 2. The van der Waals surface area contributed by atoms with E-state index in [1.807, 2.05) is 0 Å². The second-order valence-corrected chi connectivity index (χ2v) is 13.5. The summed E-state index contributed by atoms with van der Waals surface area (Å²) in [5.41, 5.74) is 1.33. The molecule has 1 unspecified atom stereocenters. The Hall–Kier alpha value is -4.21. The second-order valence-electron chi connectivity index (χ2n) is 12.1. The third kappa shape index (κ3) is 8.49. The monoisotopic (exact) mass is 637 g/mol. The van der Waals surface area contributed by atoms with Crippen molar-refractivity contribution in [1.29, 1.82) is 0 Å². The molecule has 0 saturated carbocycles. The molecule has 1 saturated heterocycles. The van der Waals surface area contributed by atoms with Crippen LogP contribution in [0.25, 0.3) is 0 Å². The molecule has 0 spiro atoms. The number of rotatable bonds is 8. The van der Waals surface area contributed by atoms with Crippen molar-refractivity contribution >= 4 is 28.6 Å². The van der Waals surface area contributed by atoms with Crippen molar-refractivity contribution in [2.45, 2.75) is 57.3 Å². The maximum Gasteiger partial charge on any atom is 0.411 e. The number of ether oxygens (including phenoxy) is 2. The molecule has 0 radical (unpaired) electrons. The van der Waals surface area contributed by atoms with Crippen LogP contribution in [0.3, 0.4) is 0 Å². The zero-order chi connectivity index (χ0) is 33.1. The first-order valence-electron chi connectivity index (χ1n) is 14.5. The number of nitrogens with zero attached hydrogens (tertiary/aromatic N) is 4. The average Bonchev–Trinajstić information content (AvgIpc) is 3.36. The first-order chi connectivity index (χ1) is 21.1. The highest BCUT2D eigenvalue weighted by atomic mass is 32.2. The Balaban J connectivity index is 1.62. The van der Waals surface area contributed by atoms with Crippen molar-refractivity contribution in [3.8, 4) is 18.1 Å². The Labute approximate surface area is 266 Å². The number of aryl methyl sites for hydroxylation is 3. The van der Waals surface area contributed by atoms with E-state index in [1.54, 1.807) is 87.8 Å². The Kier molecular flexibility index (Phi) is 10.4. The maximum atomic E-state index is 14.8. The van der Waals surface area contributed by atoms with Gasteiger partial charge in [-0.2, -0.15) is 5.10 Å². The van der Waals surface area contributed by atoms with E-state index in [-0.39, 0.29) is 5.82 Å². The van der Waals surface area contributed by atoms with E-state index in [4.69, 9.17) is 15.9 Å². The number of anilines is 1. The highest BCUT2D eigenvalue weighted by Crippen LogP contribution is 2.32. The molecule has 2 aromatic carbocycles. The minimum Gasteiger partial charge on any atom is -0.483 e. The number of amides is 2. The number of benzene rings is 2. The average molecular weight is 638 g/mol. The van der Waals surface area contributed by atoms with Crippen LogP contribution in [0.1, 0.15) is 53.9 Å². The van der Waals surface area contributed by atoms with Gasteiger partial charge in [0, 0.05) is 57.3 Å². The highest BCUT2D eigenvalue weighted by Gasteiger charge is 2.34. The van der Waals surface area contributed by atoms with E-state index >= 15 is 0 Å². The van der Waals surface area contributed by atoms with Crippen molar-refractivity contribution in [3.63, 3.8) is 0 Å². The Morgan fingerprint density at radius 1 is 1.18 bits per heavy atom. The minimum atomic E-state index is -1.53. The summed E-state index contributed by atoms with van der Waals surface area (Å²) in [6.07, 6.45) is 7.89. The van der Waals surface area contributed by atoms with Crippen molar-refractivity contribution in [2.75, 3.05) is 37.8 Å². The SMILES string of the molecule is C#C[C@@H]1CN(C[C@@H](Oc2cc(C)c(C(=O)Nc3ccn(C)n3)cc2S(C)=O)c2ccc(C)c(F)c2)CCN1C(=O)OC(C)(C)C. The lowest BCUT2D eigenvalue weighted by atomic mass is 10.0. The summed E-state index contributed by atoms with van der Waals surface area (Å²) in [5, 5.41) is 6.95. The van der Waals surface area contributed by atoms with Gasteiger partial charge in [-0.15, -0.1) is 6.42 Å². The van der Waals surface area contributed by atoms with Crippen molar-refractivity contribution in [2.24, 2.45) is 7.05 Å². The molecule has 3 atom stereocenters. The summed E-state index contributed by atoms with van der Waals surface area (Å²) in [6, 6.07) is 9.27. The molecule has 3 aromatic rings. The smallest absolute Gasteiger partial charge is 0.411 e. The lowest BCUT2D eigenvalue weighted by Crippen LogP contribution is -2.56. The van der Waals surface area contributed by atoms with Gasteiger partial charge in [-0.05, 0) is 69.5 Å². The van der Waals surface area contributed by atoms with E-state index < -0.39 is 40.5 Å². The fourth-order valence-corrected chi connectivity index (χ4v) is 5.66. The van der Waals surface area contributed by atoms with Crippen LogP contribution in [-0.2, 0) is 22.6 Å². The lowest BCUT2D eigenvalue weighted by molar-refractivity contribution is 0.00245. The predicted octanol–water partition coefficient (Wildman–Crippen LogP) is 4.84. The predicted molar refractivity (Wildman–Crippen MR) is 171 cm³/mol. The molecule has 2 heterocycles. The summed E-state index contributed by atoms with van der Waals surface area (Å²) < 4.78 is 41.4. The van der Waals surface area contributed by atoms with Crippen molar-refractivity contribution in [3.05, 3.63) is 70.7 Å². The highest BCUT2D eigenvalue weighted by molar-refractivity contribution is 7.84. The van der Waals surface area contributed by atoms with Crippen LogP contribution in [0, 0.1) is 32.0 Å². The van der Waals surface area contributed by atoms with E-state index in [9.17, 15) is 18.2 Å². The topological polar surface area (TPSA) is 106 Å². The molecule has 1 fully saturated rings. The first-order valence-corrected chi connectivity index (χ1v) is 16.1. The normalized spacial score (nSPS) is 16.9. The molecule has 10 nitrogen and oxygen atoms in total. The van der Waals surface area contributed by atoms with Crippen LogP contribution >= 0.6 is 0 Å². The second kappa shape index (κ2) is 13.8. The molecule has 1 N–H and O–H groups in total. The number of halogens is 1. The molecule has 0 aliphatic carbocycles. The fraction of sp³-hybridized carbons (Fsp3) is 0.424. The largest absolute Gasteiger partial charge is 0.483 e. The molecule has 2 amide bonds. The number of hydrogen-bond acceptors (Lipinski definition) is 7. The van der Waals surface area contributed by atoms with Gasteiger partial charge in [0.1, 0.15) is 29.3 Å². The van der Waals surface area contributed by atoms with Crippen LogP contribution in [0.4, 0.5) is 15.0 Å². The van der Waals surface area contributed by atoms with E-state index in [1.165, 1.54) is 12.3 Å². The van der Waals surface area contributed by atoms with Gasteiger partial charge in [0.25, 0.3) is 5.91 Å². The number of nitrogens with one attached hydrogen (secondary N) is 1. The molecular weight excluding hydrogens is 597 g/mol. The molecule has 240 valence electrons. The maximum absolute atomic E-state index is 14.8. The van der Waals surface area contributed by atoms with Gasteiger partial charge in [-0.3, -0.25) is 23.5 Å². The molecule has 45 heavy (non-hydrogen) atoms. The molecule has 4 rings (SSSR count). The zero-order valence-corrected chi connectivity index (χ0v) is 27.5. The number of aromatic nitrogens is 2. The van der Waals surface area contributed by atoms with Crippen LogP contribution in [0.15, 0.2) is 47.5 Å². The molecular formula is C33H40FN5O5S. The third-order valence-electron chi connectivity index (χ3n) is 7.35. The summed E-state index contributed by atoms with van der Waals surface area (Å²) in [7, 11) is 0.217. The lowest BCUT2D eigenvalue weighted by Gasteiger charge is -2.40. The summed E-state index contributed by atoms with van der Waals surface area (Å²) in [5.74, 6) is 2.62. The standard InChI is InChI=1S/C33H40FN5O5S/c1-9-24-19-38(14-15-39(24)32(41)44-33(4,5)6)20-28(23-11-10-21(2)26(34)17-23)43-27-16-22(3)25(18-29(27)45(8)42)31(40)35-30-12-13-37(7)36-30/h1,10-13,16-18,24,28H,14-15,19-20H2,2-8H3,(H,35,36,40)/t24-,28-,45?/m1/s1. The molecule has 1 aliphatic heterocycles. The van der Waals surface area contributed by atoms with Gasteiger partial charge in [0.15, 0.2) is 5.82 Å². The number of piperazine rings is 1. The van der Waals surface area contributed by atoms with Gasteiger partial charge in [-0.25, -0.2) is 9.18 Å².